The Kier molecular flexibility index (Phi) is 3.96. The van der Waals surface area contributed by atoms with Crippen LogP contribution in [0.3, 0.4) is 0 Å². The van der Waals surface area contributed by atoms with Gasteiger partial charge in [-0.1, -0.05) is 30.3 Å². The summed E-state index contributed by atoms with van der Waals surface area (Å²) in [6.07, 6.45) is 1.80. The molecule has 3 rings (SSSR count). The van der Waals surface area contributed by atoms with Crippen molar-refractivity contribution in [1.29, 1.82) is 0 Å². The van der Waals surface area contributed by atoms with Gasteiger partial charge >= 0.3 is 5.97 Å². The molecule has 0 N–H and O–H groups in total. The lowest BCUT2D eigenvalue weighted by Gasteiger charge is -2.37. The minimum absolute atomic E-state index is 0.165. The summed E-state index contributed by atoms with van der Waals surface area (Å²) in [6.45, 7) is 1.32. The van der Waals surface area contributed by atoms with Crippen LogP contribution in [0.1, 0.15) is 23.7 Å². The maximum absolute atomic E-state index is 12.5. The highest BCUT2D eigenvalue weighted by atomic mass is 16.5. The van der Waals surface area contributed by atoms with E-state index in [0.29, 0.717) is 6.54 Å². The number of nitrogens with zero attached hydrogens (tertiary/aromatic N) is 2. The predicted molar refractivity (Wildman–Crippen MR) is 81.1 cm³/mol. The molecular weight excluding hydrogens is 280 g/mol. The summed E-state index contributed by atoms with van der Waals surface area (Å²) in [6, 6.07) is 13.7. The van der Waals surface area contributed by atoms with Crippen molar-refractivity contribution in [1.82, 2.24) is 9.47 Å². The van der Waals surface area contributed by atoms with Gasteiger partial charge in [0.25, 0.3) is 0 Å². The molecule has 0 radical (unpaired) electrons. The van der Waals surface area contributed by atoms with Crippen LogP contribution in [0, 0.1) is 0 Å². The number of aromatic nitrogens is 1. The van der Waals surface area contributed by atoms with Crippen molar-refractivity contribution in [2.75, 3.05) is 13.7 Å². The summed E-state index contributed by atoms with van der Waals surface area (Å²) in [7, 11) is 1.30. The van der Waals surface area contributed by atoms with Crippen LogP contribution in [-0.2, 0) is 20.9 Å². The van der Waals surface area contributed by atoms with Crippen LogP contribution in [0.15, 0.2) is 48.7 Å². The molecule has 0 spiro atoms. The van der Waals surface area contributed by atoms with Crippen LogP contribution in [0.25, 0.3) is 0 Å². The van der Waals surface area contributed by atoms with Crippen LogP contribution < -0.4 is 0 Å². The zero-order valence-corrected chi connectivity index (χ0v) is 12.4. The molecular formula is C17H18N2O3. The van der Waals surface area contributed by atoms with E-state index < -0.39 is 5.97 Å². The van der Waals surface area contributed by atoms with E-state index in [9.17, 15) is 9.59 Å². The van der Waals surface area contributed by atoms with Gasteiger partial charge in [0, 0.05) is 25.0 Å². The summed E-state index contributed by atoms with van der Waals surface area (Å²) in [5, 5.41) is 0. The highest BCUT2D eigenvalue weighted by Crippen LogP contribution is 2.32. The second-order valence-corrected chi connectivity index (χ2v) is 5.28. The quantitative estimate of drug-likeness (QED) is 0.643. The summed E-state index contributed by atoms with van der Waals surface area (Å²) in [5.74, 6) is -0.703. The Balaban J connectivity index is 1.95. The highest BCUT2D eigenvalue weighted by molar-refractivity contribution is 5.94. The van der Waals surface area contributed by atoms with E-state index in [4.69, 9.17) is 0 Å². The first-order valence-electron chi connectivity index (χ1n) is 7.27. The number of benzene rings is 1. The fourth-order valence-electron chi connectivity index (χ4n) is 2.94. The summed E-state index contributed by atoms with van der Waals surface area (Å²) in [4.78, 5) is 25.7. The van der Waals surface area contributed by atoms with E-state index in [1.807, 2.05) is 48.7 Å². The number of fused-ring (bicyclic) bond motifs is 1. The third-order valence-electron chi connectivity index (χ3n) is 4.00. The van der Waals surface area contributed by atoms with Gasteiger partial charge in [-0.3, -0.25) is 9.59 Å². The van der Waals surface area contributed by atoms with Crippen LogP contribution in [0.4, 0.5) is 0 Å². The van der Waals surface area contributed by atoms with E-state index >= 15 is 0 Å². The van der Waals surface area contributed by atoms with Crippen LogP contribution in [-0.4, -0.2) is 35.0 Å². The van der Waals surface area contributed by atoms with E-state index in [1.54, 1.807) is 4.90 Å². The molecule has 1 aliphatic rings. The summed E-state index contributed by atoms with van der Waals surface area (Å²) < 4.78 is 6.77. The van der Waals surface area contributed by atoms with Crippen LogP contribution in [0.5, 0.6) is 0 Å². The number of hydrogen-bond acceptors (Lipinski definition) is 3. The van der Waals surface area contributed by atoms with Gasteiger partial charge in [-0.05, 0) is 17.7 Å². The average molecular weight is 298 g/mol. The van der Waals surface area contributed by atoms with Crippen molar-refractivity contribution in [2.24, 2.45) is 0 Å². The Bertz CT molecular complexity index is 678. The molecule has 5 heteroatoms. The van der Waals surface area contributed by atoms with Gasteiger partial charge in [0.05, 0.1) is 13.2 Å². The molecule has 1 atom stereocenters. The molecule has 22 heavy (non-hydrogen) atoms. The number of carbonyl (C=O) groups excluding carboxylic acids is 2. The Morgan fingerprint density at radius 1 is 1.14 bits per heavy atom. The molecule has 0 fully saturated rings. The second-order valence-electron chi connectivity index (χ2n) is 5.28. The molecule has 1 amide bonds. The topological polar surface area (TPSA) is 51.5 Å². The summed E-state index contributed by atoms with van der Waals surface area (Å²) >= 11 is 0. The molecule has 1 unspecified atom stereocenters. The van der Waals surface area contributed by atoms with Gasteiger partial charge in [-0.2, -0.15) is 0 Å². The average Bonchev–Trinajstić information content (AvgIpc) is 3.03. The zero-order chi connectivity index (χ0) is 15.5. The van der Waals surface area contributed by atoms with Gasteiger partial charge < -0.3 is 14.2 Å². The molecule has 1 aliphatic heterocycles. The highest BCUT2D eigenvalue weighted by Gasteiger charge is 2.32. The van der Waals surface area contributed by atoms with E-state index in [0.717, 1.165) is 17.8 Å². The van der Waals surface area contributed by atoms with Crippen LogP contribution >= 0.6 is 0 Å². The molecule has 0 saturated carbocycles. The molecule has 114 valence electrons. The fourth-order valence-corrected chi connectivity index (χ4v) is 2.94. The maximum Gasteiger partial charge on any atom is 0.315 e. The van der Waals surface area contributed by atoms with E-state index in [2.05, 4.69) is 9.30 Å². The molecule has 0 bridgehead atoms. The molecule has 5 nitrogen and oxygen atoms in total. The molecule has 2 aromatic rings. The Morgan fingerprint density at radius 2 is 1.91 bits per heavy atom. The van der Waals surface area contributed by atoms with Crippen molar-refractivity contribution < 1.29 is 14.3 Å². The predicted octanol–water partition coefficient (Wildman–Crippen LogP) is 1.98. The number of carbonyl (C=O) groups is 2. The lowest BCUT2D eigenvalue weighted by Crippen LogP contribution is -2.43. The SMILES string of the molecule is COC(=O)CC(=O)N1CCn2cccc2C1c1ccccc1. The third kappa shape index (κ3) is 2.62. The van der Waals surface area contributed by atoms with Crippen molar-refractivity contribution >= 4 is 11.9 Å². The van der Waals surface area contributed by atoms with E-state index in [-0.39, 0.29) is 18.4 Å². The van der Waals surface area contributed by atoms with Crippen LogP contribution in [0.2, 0.25) is 0 Å². The standard InChI is InChI=1S/C17H18N2O3/c1-22-16(21)12-15(20)19-11-10-18-9-5-8-14(18)17(19)13-6-3-2-4-7-13/h2-9,17H,10-12H2,1H3. The molecule has 0 aliphatic carbocycles. The molecule has 0 saturated heterocycles. The Morgan fingerprint density at radius 3 is 2.64 bits per heavy atom. The summed E-state index contributed by atoms with van der Waals surface area (Å²) in [5.41, 5.74) is 2.11. The van der Waals surface area contributed by atoms with Gasteiger partial charge in [0.2, 0.25) is 5.91 Å². The monoisotopic (exact) mass is 298 g/mol. The number of esters is 1. The number of ether oxygens (including phenoxy) is 1. The lowest BCUT2D eigenvalue weighted by molar-refractivity contribution is -0.147. The van der Waals surface area contributed by atoms with Gasteiger partial charge in [-0.15, -0.1) is 0 Å². The smallest absolute Gasteiger partial charge is 0.315 e. The molecule has 1 aromatic carbocycles. The largest absolute Gasteiger partial charge is 0.469 e. The first-order chi connectivity index (χ1) is 10.7. The first-order valence-corrected chi connectivity index (χ1v) is 7.27. The van der Waals surface area contributed by atoms with E-state index in [1.165, 1.54) is 7.11 Å². The normalized spacial score (nSPS) is 17.0. The third-order valence-corrected chi connectivity index (χ3v) is 4.00. The van der Waals surface area contributed by atoms with Crippen molar-refractivity contribution in [3.8, 4) is 0 Å². The fraction of sp³-hybridized carbons (Fsp3) is 0.294. The lowest BCUT2D eigenvalue weighted by atomic mass is 9.99. The minimum atomic E-state index is -0.502. The van der Waals surface area contributed by atoms with Gasteiger partial charge in [-0.25, -0.2) is 0 Å². The number of hydrogen-bond donors (Lipinski definition) is 0. The number of methoxy groups -OCH3 is 1. The number of rotatable bonds is 3. The second kappa shape index (κ2) is 6.05. The van der Waals surface area contributed by atoms with Gasteiger partial charge in [0.15, 0.2) is 0 Å². The Labute approximate surface area is 129 Å². The minimum Gasteiger partial charge on any atom is -0.469 e. The zero-order valence-electron chi connectivity index (χ0n) is 12.4. The molecule has 2 heterocycles. The van der Waals surface area contributed by atoms with Crippen molar-refractivity contribution in [3.05, 3.63) is 59.9 Å². The van der Waals surface area contributed by atoms with Crippen molar-refractivity contribution in [3.63, 3.8) is 0 Å². The first kappa shape index (κ1) is 14.4. The van der Waals surface area contributed by atoms with Crippen molar-refractivity contribution in [2.45, 2.75) is 19.0 Å². The number of amides is 1. The van der Waals surface area contributed by atoms with Gasteiger partial charge in [0.1, 0.15) is 6.42 Å². The maximum atomic E-state index is 12.5. The molecule has 1 aromatic heterocycles. The Hall–Kier alpha value is -2.56.